The Morgan fingerprint density at radius 3 is 1.79 bits per heavy atom. The molecule has 0 radical (unpaired) electrons. The van der Waals surface area contributed by atoms with Gasteiger partial charge < -0.3 is 18.9 Å². The Labute approximate surface area is 174 Å². The molecule has 0 atom stereocenters. The first-order valence-electron chi connectivity index (χ1n) is 10.1. The fourth-order valence-corrected chi connectivity index (χ4v) is 2.40. The standard InChI is InChI=1S/C23H24O6/c1-26-20-11-7-16(13-22(20)28-3)5-9-18(24)15-19(25)10-6-17-8-12-21(27-2)23(14-17)29-4/h5-14H,15H2,1-4H3/i5D,9D,10D. The minimum Gasteiger partial charge on any atom is -0.493 e. The molecule has 0 unspecified atom stereocenters. The summed E-state index contributed by atoms with van der Waals surface area (Å²) in [4.78, 5) is 24.7. The molecular weight excluding hydrogens is 372 g/mol. The number of methoxy groups -OCH3 is 4. The normalized spacial score (nSPS) is 13.4. The number of carbonyl (C=O) groups excluding carboxylic acids is 2. The van der Waals surface area contributed by atoms with E-state index >= 15 is 0 Å². The maximum absolute atomic E-state index is 12.4. The molecule has 0 aliphatic heterocycles. The molecule has 2 aromatic rings. The second-order valence-electron chi connectivity index (χ2n) is 5.75. The highest BCUT2D eigenvalue weighted by atomic mass is 16.5. The van der Waals surface area contributed by atoms with E-state index in [1.54, 1.807) is 24.3 Å². The van der Waals surface area contributed by atoms with Gasteiger partial charge in [-0.05, 0) is 47.5 Å². The van der Waals surface area contributed by atoms with Crippen LogP contribution < -0.4 is 18.9 Å². The van der Waals surface area contributed by atoms with Crippen molar-refractivity contribution in [2.45, 2.75) is 6.42 Å². The lowest BCUT2D eigenvalue weighted by Gasteiger charge is -2.07. The van der Waals surface area contributed by atoms with Crippen molar-refractivity contribution in [1.29, 1.82) is 0 Å². The monoisotopic (exact) mass is 399 g/mol. The van der Waals surface area contributed by atoms with E-state index in [1.165, 1.54) is 46.6 Å². The van der Waals surface area contributed by atoms with Crippen molar-refractivity contribution in [3.05, 3.63) is 59.6 Å². The van der Waals surface area contributed by atoms with Gasteiger partial charge in [0.15, 0.2) is 34.6 Å². The van der Waals surface area contributed by atoms with Gasteiger partial charge >= 0.3 is 0 Å². The van der Waals surface area contributed by atoms with Crippen LogP contribution in [0.1, 0.15) is 21.7 Å². The average molecular weight is 399 g/mol. The molecule has 2 aromatic carbocycles. The minimum atomic E-state index is -0.861. The highest BCUT2D eigenvalue weighted by Gasteiger charge is 2.07. The average Bonchev–Trinajstić information content (AvgIpc) is 2.82. The van der Waals surface area contributed by atoms with E-state index in [1.807, 2.05) is 0 Å². The summed E-state index contributed by atoms with van der Waals surface area (Å²) in [5.74, 6) is 0.0889. The molecule has 0 bridgehead atoms. The number of benzene rings is 2. The summed E-state index contributed by atoms with van der Waals surface area (Å²) >= 11 is 0. The van der Waals surface area contributed by atoms with Crippen molar-refractivity contribution in [1.82, 2.24) is 0 Å². The zero-order valence-corrected chi connectivity index (χ0v) is 16.7. The van der Waals surface area contributed by atoms with Crippen LogP contribution in [0.2, 0.25) is 0 Å². The van der Waals surface area contributed by atoms with Crippen LogP contribution in [0, 0.1) is 0 Å². The topological polar surface area (TPSA) is 71.1 Å². The largest absolute Gasteiger partial charge is 0.493 e. The predicted octanol–water partition coefficient (Wildman–Crippen LogP) is 3.98. The summed E-state index contributed by atoms with van der Waals surface area (Å²) in [5.41, 5.74) is 0.780. The molecular formula is C23H24O6. The highest BCUT2D eigenvalue weighted by molar-refractivity contribution is 6.10. The van der Waals surface area contributed by atoms with Gasteiger partial charge in [0.25, 0.3) is 0 Å². The molecule has 0 fully saturated rings. The summed E-state index contributed by atoms with van der Waals surface area (Å²) < 4.78 is 44.8. The number of hydrogen-bond donors (Lipinski definition) is 0. The fourth-order valence-electron chi connectivity index (χ4n) is 2.40. The maximum Gasteiger partial charge on any atom is 0.163 e. The number of ether oxygens (including phenoxy) is 4. The van der Waals surface area contributed by atoms with Crippen molar-refractivity contribution in [3.8, 4) is 23.0 Å². The van der Waals surface area contributed by atoms with Crippen LogP contribution in [0.3, 0.4) is 0 Å². The van der Waals surface area contributed by atoms with E-state index < -0.39 is 30.1 Å². The molecule has 0 aliphatic carbocycles. The Kier molecular flexibility index (Phi) is 6.48. The lowest BCUT2D eigenvalue weighted by atomic mass is 10.1. The zero-order valence-electron chi connectivity index (χ0n) is 19.7. The third-order valence-corrected chi connectivity index (χ3v) is 3.86. The lowest BCUT2D eigenvalue weighted by Crippen LogP contribution is -2.02. The number of allylic oxidation sites excluding steroid dienone is 2. The van der Waals surface area contributed by atoms with Crippen molar-refractivity contribution >= 4 is 23.7 Å². The Bertz CT molecular complexity index is 1080. The molecule has 0 amide bonds. The minimum absolute atomic E-state index is 0.264. The SMILES string of the molecule is [2H]C(=Cc1ccc(OC)c(OC)c1)C(=O)CC(=O)C([2H])=C([2H])c1ccc(OC)c(OC)c1. The van der Waals surface area contributed by atoms with Gasteiger partial charge in [0, 0.05) is 0 Å². The smallest absolute Gasteiger partial charge is 0.163 e. The van der Waals surface area contributed by atoms with Crippen molar-refractivity contribution in [2.75, 3.05) is 28.4 Å². The second-order valence-corrected chi connectivity index (χ2v) is 5.75. The molecule has 0 heterocycles. The van der Waals surface area contributed by atoms with Gasteiger partial charge in [-0.15, -0.1) is 0 Å². The Balaban J connectivity index is 2.20. The summed E-state index contributed by atoms with van der Waals surface area (Å²) in [6.45, 7) is 0. The van der Waals surface area contributed by atoms with Crippen LogP contribution in [-0.2, 0) is 9.59 Å². The van der Waals surface area contributed by atoms with Crippen LogP contribution in [0.15, 0.2) is 48.5 Å². The molecule has 0 spiro atoms. The Morgan fingerprint density at radius 2 is 1.24 bits per heavy atom. The quantitative estimate of drug-likeness (QED) is 0.445. The van der Waals surface area contributed by atoms with E-state index in [2.05, 4.69) is 0 Å². The molecule has 152 valence electrons. The fraction of sp³-hybridized carbons (Fsp3) is 0.217. The molecule has 6 heteroatoms. The van der Waals surface area contributed by atoms with Crippen molar-refractivity contribution < 1.29 is 32.6 Å². The third kappa shape index (κ3) is 6.24. The molecule has 0 N–H and O–H groups in total. The molecule has 6 nitrogen and oxygen atoms in total. The first-order chi connectivity index (χ1) is 15.2. The molecule has 0 aromatic heterocycles. The van der Waals surface area contributed by atoms with E-state index in [0.717, 1.165) is 0 Å². The van der Waals surface area contributed by atoms with Crippen molar-refractivity contribution in [3.63, 3.8) is 0 Å². The van der Waals surface area contributed by atoms with Gasteiger partial charge in [-0.2, -0.15) is 0 Å². The van der Waals surface area contributed by atoms with Crippen LogP contribution in [0.25, 0.3) is 12.1 Å². The number of rotatable bonds is 10. The van der Waals surface area contributed by atoms with Gasteiger partial charge in [0.05, 0.1) is 39.0 Å². The summed E-state index contributed by atoms with van der Waals surface area (Å²) in [6, 6.07) is 8.00. The summed E-state index contributed by atoms with van der Waals surface area (Å²) in [6.07, 6.45) is 0.595. The molecule has 0 saturated carbocycles. The summed E-state index contributed by atoms with van der Waals surface area (Å²) in [5, 5.41) is 0. The maximum atomic E-state index is 12.4. The lowest BCUT2D eigenvalue weighted by molar-refractivity contribution is -0.121. The number of carbonyl (C=O) groups is 2. The predicted molar refractivity (Wildman–Crippen MR) is 112 cm³/mol. The highest BCUT2D eigenvalue weighted by Crippen LogP contribution is 2.28. The molecule has 29 heavy (non-hydrogen) atoms. The van der Waals surface area contributed by atoms with Gasteiger partial charge in [-0.3, -0.25) is 9.59 Å². The molecule has 0 saturated heterocycles. The van der Waals surface area contributed by atoms with Gasteiger partial charge in [0.2, 0.25) is 0 Å². The number of ketones is 2. The van der Waals surface area contributed by atoms with Crippen LogP contribution in [0.4, 0.5) is 0 Å². The van der Waals surface area contributed by atoms with Crippen LogP contribution >= 0.6 is 0 Å². The van der Waals surface area contributed by atoms with Gasteiger partial charge in [-0.25, -0.2) is 0 Å². The number of hydrogen-bond acceptors (Lipinski definition) is 6. The second kappa shape index (κ2) is 10.7. The van der Waals surface area contributed by atoms with Crippen LogP contribution in [-0.4, -0.2) is 40.0 Å². The van der Waals surface area contributed by atoms with E-state index in [9.17, 15) is 9.59 Å². The van der Waals surface area contributed by atoms with Crippen molar-refractivity contribution in [2.24, 2.45) is 0 Å². The van der Waals surface area contributed by atoms with Gasteiger partial charge in [-0.1, -0.05) is 24.3 Å². The molecule has 0 aliphatic rings. The first-order valence-corrected chi connectivity index (χ1v) is 8.62. The molecule has 2 rings (SSSR count). The van der Waals surface area contributed by atoms with Gasteiger partial charge in [0.1, 0.15) is 0 Å². The Hall–Kier alpha value is -3.54. The van der Waals surface area contributed by atoms with E-state index in [0.29, 0.717) is 28.6 Å². The zero-order chi connectivity index (χ0) is 23.8. The van der Waals surface area contributed by atoms with E-state index in [4.69, 9.17) is 23.1 Å². The van der Waals surface area contributed by atoms with Crippen LogP contribution in [0.5, 0.6) is 23.0 Å². The Morgan fingerprint density at radius 1 is 0.759 bits per heavy atom. The third-order valence-electron chi connectivity index (χ3n) is 3.86. The first kappa shape index (κ1) is 17.6. The van der Waals surface area contributed by atoms with E-state index in [-0.39, 0.29) is 11.6 Å². The summed E-state index contributed by atoms with van der Waals surface area (Å²) in [7, 11) is 5.86.